The molecule has 1 atom stereocenters. The quantitative estimate of drug-likeness (QED) is 0.778. The van der Waals surface area contributed by atoms with Crippen LogP contribution in [0.15, 0.2) is 30.3 Å². The molecule has 2 saturated heterocycles. The molecule has 2 aliphatic rings. The lowest BCUT2D eigenvalue weighted by Gasteiger charge is -2.44. The van der Waals surface area contributed by atoms with Crippen molar-refractivity contribution in [1.82, 2.24) is 9.80 Å². The SMILES string of the molecule is O=C(CCCN1CCN2CCCCC2C1)c1ccccc1. The zero-order valence-electron chi connectivity index (χ0n) is 12.8. The fourth-order valence-electron chi connectivity index (χ4n) is 3.66. The summed E-state index contributed by atoms with van der Waals surface area (Å²) in [5.74, 6) is 0.284. The molecule has 3 rings (SSSR count). The smallest absolute Gasteiger partial charge is 0.162 e. The van der Waals surface area contributed by atoms with E-state index in [9.17, 15) is 4.79 Å². The molecule has 0 aromatic heterocycles. The summed E-state index contributed by atoms with van der Waals surface area (Å²) in [6.45, 7) is 5.97. The second kappa shape index (κ2) is 7.19. The summed E-state index contributed by atoms with van der Waals surface area (Å²) in [4.78, 5) is 17.3. The third-order valence-electron chi connectivity index (χ3n) is 4.90. The van der Waals surface area contributed by atoms with E-state index in [2.05, 4.69) is 9.80 Å². The van der Waals surface area contributed by atoms with E-state index >= 15 is 0 Å². The number of Topliss-reactive ketones (excluding diaryl/α,β-unsaturated/α-hetero) is 1. The number of carbonyl (C=O) groups is 1. The summed E-state index contributed by atoms with van der Waals surface area (Å²) >= 11 is 0. The van der Waals surface area contributed by atoms with Crippen LogP contribution in [0.5, 0.6) is 0 Å². The summed E-state index contributed by atoms with van der Waals surface area (Å²) in [5.41, 5.74) is 0.856. The minimum atomic E-state index is 0.284. The number of nitrogens with zero attached hydrogens (tertiary/aromatic N) is 2. The normalized spacial score (nSPS) is 23.7. The van der Waals surface area contributed by atoms with Gasteiger partial charge in [0.05, 0.1) is 0 Å². The van der Waals surface area contributed by atoms with Crippen molar-refractivity contribution in [2.45, 2.75) is 38.1 Å². The summed E-state index contributed by atoms with van der Waals surface area (Å²) < 4.78 is 0. The maximum atomic E-state index is 12.1. The van der Waals surface area contributed by atoms with Gasteiger partial charge in [0.25, 0.3) is 0 Å². The van der Waals surface area contributed by atoms with Crippen LogP contribution in [-0.4, -0.2) is 54.3 Å². The van der Waals surface area contributed by atoms with Crippen LogP contribution in [0.25, 0.3) is 0 Å². The molecular formula is C18H26N2O. The molecule has 1 unspecified atom stereocenters. The van der Waals surface area contributed by atoms with E-state index in [-0.39, 0.29) is 5.78 Å². The van der Waals surface area contributed by atoms with Gasteiger partial charge in [0.1, 0.15) is 0 Å². The fraction of sp³-hybridized carbons (Fsp3) is 0.611. The van der Waals surface area contributed by atoms with Crippen molar-refractivity contribution < 1.29 is 4.79 Å². The van der Waals surface area contributed by atoms with Crippen LogP contribution in [0.3, 0.4) is 0 Å². The number of benzene rings is 1. The molecule has 2 heterocycles. The molecule has 2 fully saturated rings. The zero-order chi connectivity index (χ0) is 14.5. The van der Waals surface area contributed by atoms with Gasteiger partial charge in [-0.2, -0.15) is 0 Å². The second-order valence-corrected chi connectivity index (χ2v) is 6.38. The van der Waals surface area contributed by atoms with Gasteiger partial charge in [-0.1, -0.05) is 36.8 Å². The Morgan fingerprint density at radius 2 is 1.95 bits per heavy atom. The molecular weight excluding hydrogens is 260 g/mol. The molecule has 1 aromatic carbocycles. The molecule has 3 nitrogen and oxygen atoms in total. The molecule has 0 radical (unpaired) electrons. The van der Waals surface area contributed by atoms with Crippen molar-refractivity contribution in [2.75, 3.05) is 32.7 Å². The number of piperidine rings is 1. The highest BCUT2D eigenvalue weighted by Crippen LogP contribution is 2.21. The largest absolute Gasteiger partial charge is 0.300 e. The van der Waals surface area contributed by atoms with E-state index < -0.39 is 0 Å². The fourth-order valence-corrected chi connectivity index (χ4v) is 3.66. The van der Waals surface area contributed by atoms with Gasteiger partial charge in [-0.15, -0.1) is 0 Å². The summed E-state index contributed by atoms with van der Waals surface area (Å²) in [6, 6.07) is 10.5. The van der Waals surface area contributed by atoms with Crippen LogP contribution in [-0.2, 0) is 0 Å². The van der Waals surface area contributed by atoms with E-state index in [0.29, 0.717) is 6.42 Å². The van der Waals surface area contributed by atoms with Crippen LogP contribution >= 0.6 is 0 Å². The number of hydrogen-bond acceptors (Lipinski definition) is 3. The lowest BCUT2D eigenvalue weighted by molar-refractivity contribution is 0.0485. The average Bonchev–Trinajstić information content (AvgIpc) is 2.55. The second-order valence-electron chi connectivity index (χ2n) is 6.38. The molecule has 0 amide bonds. The van der Waals surface area contributed by atoms with Gasteiger partial charge in [0, 0.05) is 37.7 Å². The highest BCUT2D eigenvalue weighted by Gasteiger charge is 2.28. The highest BCUT2D eigenvalue weighted by molar-refractivity contribution is 5.95. The minimum absolute atomic E-state index is 0.284. The number of hydrogen-bond donors (Lipinski definition) is 0. The summed E-state index contributed by atoms with van der Waals surface area (Å²) in [5, 5.41) is 0. The van der Waals surface area contributed by atoms with Gasteiger partial charge in [-0.25, -0.2) is 0 Å². The van der Waals surface area contributed by atoms with Crippen molar-refractivity contribution in [2.24, 2.45) is 0 Å². The lowest BCUT2D eigenvalue weighted by Crippen LogP contribution is -2.54. The predicted molar refractivity (Wildman–Crippen MR) is 85.7 cm³/mol. The molecule has 3 heteroatoms. The van der Waals surface area contributed by atoms with Crippen LogP contribution in [0.4, 0.5) is 0 Å². The van der Waals surface area contributed by atoms with Gasteiger partial charge < -0.3 is 4.90 Å². The maximum Gasteiger partial charge on any atom is 0.162 e. The van der Waals surface area contributed by atoms with Crippen LogP contribution in [0.2, 0.25) is 0 Å². The summed E-state index contributed by atoms with van der Waals surface area (Å²) in [6.07, 6.45) is 5.79. The van der Waals surface area contributed by atoms with E-state index in [1.165, 1.54) is 45.4 Å². The third-order valence-corrected chi connectivity index (χ3v) is 4.90. The predicted octanol–water partition coefficient (Wildman–Crippen LogP) is 2.82. The Labute approximate surface area is 127 Å². The molecule has 114 valence electrons. The van der Waals surface area contributed by atoms with E-state index in [4.69, 9.17) is 0 Å². The first-order valence-electron chi connectivity index (χ1n) is 8.37. The van der Waals surface area contributed by atoms with Gasteiger partial charge >= 0.3 is 0 Å². The number of piperazine rings is 1. The molecule has 0 saturated carbocycles. The topological polar surface area (TPSA) is 23.6 Å². The Morgan fingerprint density at radius 1 is 1.10 bits per heavy atom. The summed E-state index contributed by atoms with van der Waals surface area (Å²) in [7, 11) is 0. The van der Waals surface area contributed by atoms with Crippen molar-refractivity contribution in [3.05, 3.63) is 35.9 Å². The number of rotatable bonds is 5. The molecule has 2 aliphatic heterocycles. The molecule has 0 spiro atoms. The Bertz CT molecular complexity index is 460. The van der Waals surface area contributed by atoms with Gasteiger partial charge in [0.15, 0.2) is 5.78 Å². The Hall–Kier alpha value is -1.19. The molecule has 0 N–H and O–H groups in total. The number of ketones is 1. The first-order valence-corrected chi connectivity index (χ1v) is 8.37. The standard InChI is InChI=1S/C18H26N2O/c21-18(16-7-2-1-3-8-16)10-6-11-19-13-14-20-12-5-4-9-17(20)15-19/h1-3,7-8,17H,4-6,9-15H2. The first kappa shape index (κ1) is 14.7. The maximum absolute atomic E-state index is 12.1. The van der Waals surface area contributed by atoms with E-state index in [1.807, 2.05) is 30.3 Å². The average molecular weight is 286 g/mol. The van der Waals surface area contributed by atoms with Crippen molar-refractivity contribution in [1.29, 1.82) is 0 Å². The van der Waals surface area contributed by atoms with Crippen molar-refractivity contribution in [3.8, 4) is 0 Å². The van der Waals surface area contributed by atoms with Crippen LogP contribution in [0, 0.1) is 0 Å². The third kappa shape index (κ3) is 3.92. The Balaban J connectivity index is 1.40. The van der Waals surface area contributed by atoms with E-state index in [0.717, 1.165) is 24.6 Å². The number of carbonyl (C=O) groups excluding carboxylic acids is 1. The van der Waals surface area contributed by atoms with Crippen LogP contribution < -0.4 is 0 Å². The highest BCUT2D eigenvalue weighted by atomic mass is 16.1. The molecule has 21 heavy (non-hydrogen) atoms. The van der Waals surface area contributed by atoms with Gasteiger partial charge in [-0.05, 0) is 32.4 Å². The van der Waals surface area contributed by atoms with E-state index in [1.54, 1.807) is 0 Å². The van der Waals surface area contributed by atoms with Crippen molar-refractivity contribution in [3.63, 3.8) is 0 Å². The molecule has 1 aromatic rings. The Kier molecular flexibility index (Phi) is 5.04. The minimum Gasteiger partial charge on any atom is -0.300 e. The van der Waals surface area contributed by atoms with Gasteiger partial charge in [0.2, 0.25) is 0 Å². The lowest BCUT2D eigenvalue weighted by atomic mass is 9.99. The Morgan fingerprint density at radius 3 is 2.81 bits per heavy atom. The first-order chi connectivity index (χ1) is 10.3. The molecule has 0 bridgehead atoms. The van der Waals surface area contributed by atoms with Crippen molar-refractivity contribution >= 4 is 5.78 Å². The molecule has 0 aliphatic carbocycles. The van der Waals surface area contributed by atoms with Crippen LogP contribution in [0.1, 0.15) is 42.5 Å². The number of fused-ring (bicyclic) bond motifs is 1. The monoisotopic (exact) mass is 286 g/mol. The zero-order valence-corrected chi connectivity index (χ0v) is 12.8. The van der Waals surface area contributed by atoms with Gasteiger partial charge in [-0.3, -0.25) is 9.69 Å².